The van der Waals surface area contributed by atoms with Gasteiger partial charge in [-0.25, -0.2) is 4.79 Å². The summed E-state index contributed by atoms with van der Waals surface area (Å²) in [6.45, 7) is 4.13. The molecule has 0 spiro atoms. The first-order chi connectivity index (χ1) is 10.5. The lowest BCUT2D eigenvalue weighted by molar-refractivity contribution is -0.385. The Balaban J connectivity index is 2.08. The quantitative estimate of drug-likeness (QED) is 0.477. The van der Waals surface area contributed by atoms with Crippen LogP contribution in [0.5, 0.6) is 0 Å². The number of hydrogen-bond acceptors (Lipinski definition) is 4. The van der Waals surface area contributed by atoms with E-state index in [1.165, 1.54) is 18.2 Å². The number of nitro groups is 1. The van der Waals surface area contributed by atoms with Crippen LogP contribution in [0.4, 0.5) is 5.69 Å². The molecule has 0 aromatic heterocycles. The van der Waals surface area contributed by atoms with Gasteiger partial charge in [0.1, 0.15) is 5.56 Å². The Hall–Kier alpha value is -2.69. The van der Waals surface area contributed by atoms with Crippen LogP contribution in [-0.2, 0) is 4.74 Å². The standard InChI is InChI=1S/C17H17NO4/c1-12-7-3-4-8-14(12)13(2)11-22-17(19)15-9-5-6-10-16(15)18(20)21/h3-10,13H,11H2,1-2H3. The van der Waals surface area contributed by atoms with E-state index in [9.17, 15) is 14.9 Å². The highest BCUT2D eigenvalue weighted by molar-refractivity contribution is 5.93. The Morgan fingerprint density at radius 2 is 1.82 bits per heavy atom. The van der Waals surface area contributed by atoms with E-state index in [1.54, 1.807) is 6.07 Å². The van der Waals surface area contributed by atoms with Gasteiger partial charge in [0.15, 0.2) is 0 Å². The van der Waals surface area contributed by atoms with E-state index >= 15 is 0 Å². The van der Waals surface area contributed by atoms with Crippen LogP contribution in [0.2, 0.25) is 0 Å². The molecule has 0 saturated carbocycles. The van der Waals surface area contributed by atoms with Crippen molar-refractivity contribution in [3.63, 3.8) is 0 Å². The predicted molar refractivity (Wildman–Crippen MR) is 83.0 cm³/mol. The first kappa shape index (κ1) is 15.7. The Bertz CT molecular complexity index is 697. The summed E-state index contributed by atoms with van der Waals surface area (Å²) in [6, 6.07) is 13.7. The minimum Gasteiger partial charge on any atom is -0.461 e. The number of aryl methyl sites for hydroxylation is 1. The summed E-state index contributed by atoms with van der Waals surface area (Å²) in [7, 11) is 0. The van der Waals surface area contributed by atoms with E-state index in [0.717, 1.165) is 11.1 Å². The van der Waals surface area contributed by atoms with Gasteiger partial charge in [-0.2, -0.15) is 0 Å². The maximum Gasteiger partial charge on any atom is 0.345 e. The van der Waals surface area contributed by atoms with Crippen LogP contribution in [-0.4, -0.2) is 17.5 Å². The summed E-state index contributed by atoms with van der Waals surface area (Å²) in [5.74, 6) is -0.652. The largest absolute Gasteiger partial charge is 0.461 e. The Labute approximate surface area is 128 Å². The maximum absolute atomic E-state index is 12.1. The molecular weight excluding hydrogens is 282 g/mol. The zero-order chi connectivity index (χ0) is 16.1. The van der Waals surface area contributed by atoms with Crippen LogP contribution < -0.4 is 0 Å². The molecule has 114 valence electrons. The molecule has 1 atom stereocenters. The lowest BCUT2D eigenvalue weighted by atomic mass is 9.97. The number of benzene rings is 2. The highest BCUT2D eigenvalue weighted by Gasteiger charge is 2.21. The molecular formula is C17H17NO4. The van der Waals surface area contributed by atoms with Gasteiger partial charge in [0.05, 0.1) is 11.5 Å². The van der Waals surface area contributed by atoms with Crippen molar-refractivity contribution >= 4 is 11.7 Å². The molecule has 0 aliphatic carbocycles. The molecule has 5 heteroatoms. The van der Waals surface area contributed by atoms with Crippen LogP contribution in [0.25, 0.3) is 0 Å². The van der Waals surface area contributed by atoms with Crippen molar-refractivity contribution in [1.82, 2.24) is 0 Å². The molecule has 1 unspecified atom stereocenters. The fourth-order valence-corrected chi connectivity index (χ4v) is 2.31. The van der Waals surface area contributed by atoms with Crippen molar-refractivity contribution in [2.45, 2.75) is 19.8 Å². The van der Waals surface area contributed by atoms with Crippen molar-refractivity contribution in [1.29, 1.82) is 0 Å². The number of hydrogen-bond donors (Lipinski definition) is 0. The van der Waals surface area contributed by atoms with Crippen molar-refractivity contribution in [2.24, 2.45) is 0 Å². The van der Waals surface area contributed by atoms with E-state index in [2.05, 4.69) is 0 Å². The lowest BCUT2D eigenvalue weighted by Gasteiger charge is -2.14. The number of rotatable bonds is 5. The van der Waals surface area contributed by atoms with E-state index < -0.39 is 10.9 Å². The predicted octanol–water partition coefficient (Wildman–Crippen LogP) is 3.86. The highest BCUT2D eigenvalue weighted by atomic mass is 16.6. The van der Waals surface area contributed by atoms with Crippen molar-refractivity contribution in [2.75, 3.05) is 6.61 Å². The summed E-state index contributed by atoms with van der Waals surface area (Å²) in [6.07, 6.45) is 0. The average molecular weight is 299 g/mol. The van der Waals surface area contributed by atoms with Crippen LogP contribution in [0, 0.1) is 17.0 Å². The third-order valence-corrected chi connectivity index (χ3v) is 3.50. The first-order valence-corrected chi connectivity index (χ1v) is 6.96. The highest BCUT2D eigenvalue weighted by Crippen LogP contribution is 2.22. The molecule has 0 bridgehead atoms. The smallest absolute Gasteiger partial charge is 0.345 e. The third-order valence-electron chi connectivity index (χ3n) is 3.50. The molecule has 2 aromatic carbocycles. The first-order valence-electron chi connectivity index (χ1n) is 6.96. The zero-order valence-electron chi connectivity index (χ0n) is 12.5. The van der Waals surface area contributed by atoms with E-state index in [0.29, 0.717) is 0 Å². The summed E-state index contributed by atoms with van der Waals surface area (Å²) in [5.41, 5.74) is 1.95. The van der Waals surface area contributed by atoms with Crippen LogP contribution in [0.3, 0.4) is 0 Å². The minimum absolute atomic E-state index is 0.0212. The van der Waals surface area contributed by atoms with E-state index in [4.69, 9.17) is 4.74 Å². The van der Waals surface area contributed by atoms with Gasteiger partial charge in [0.2, 0.25) is 0 Å². The second kappa shape index (κ2) is 6.85. The fourth-order valence-electron chi connectivity index (χ4n) is 2.31. The SMILES string of the molecule is Cc1ccccc1C(C)COC(=O)c1ccccc1[N+](=O)[O-]. The number of ether oxygens (including phenoxy) is 1. The normalized spacial score (nSPS) is 11.7. The molecule has 0 fully saturated rings. The Morgan fingerprint density at radius 1 is 1.18 bits per heavy atom. The molecule has 0 radical (unpaired) electrons. The summed E-state index contributed by atoms with van der Waals surface area (Å²) in [5, 5.41) is 10.9. The fraction of sp³-hybridized carbons (Fsp3) is 0.235. The average Bonchev–Trinajstić information content (AvgIpc) is 2.52. The van der Waals surface area contributed by atoms with Gasteiger partial charge in [0.25, 0.3) is 5.69 Å². The summed E-state index contributed by atoms with van der Waals surface area (Å²) < 4.78 is 5.25. The maximum atomic E-state index is 12.1. The van der Waals surface area contributed by atoms with Gasteiger partial charge in [-0.15, -0.1) is 0 Å². The van der Waals surface area contributed by atoms with Gasteiger partial charge in [-0.3, -0.25) is 10.1 Å². The molecule has 2 rings (SSSR count). The van der Waals surface area contributed by atoms with Crippen molar-refractivity contribution in [3.05, 3.63) is 75.3 Å². The molecule has 0 N–H and O–H groups in total. The Kier molecular flexibility index (Phi) is 4.88. The van der Waals surface area contributed by atoms with Gasteiger partial charge in [0, 0.05) is 12.0 Å². The zero-order valence-corrected chi connectivity index (χ0v) is 12.5. The van der Waals surface area contributed by atoms with Gasteiger partial charge < -0.3 is 4.74 Å². The second-order valence-electron chi connectivity index (χ2n) is 5.13. The number of para-hydroxylation sites is 1. The monoisotopic (exact) mass is 299 g/mol. The van der Waals surface area contributed by atoms with E-state index in [1.807, 2.05) is 38.1 Å². The van der Waals surface area contributed by atoms with Crippen LogP contribution in [0.15, 0.2) is 48.5 Å². The number of nitrogens with zero attached hydrogens (tertiary/aromatic N) is 1. The van der Waals surface area contributed by atoms with Crippen LogP contribution >= 0.6 is 0 Å². The van der Waals surface area contributed by atoms with Gasteiger partial charge in [-0.05, 0) is 24.1 Å². The molecule has 0 aliphatic rings. The third kappa shape index (κ3) is 3.49. The molecule has 0 amide bonds. The topological polar surface area (TPSA) is 69.4 Å². The van der Waals surface area contributed by atoms with Gasteiger partial charge in [-0.1, -0.05) is 43.3 Å². The number of carbonyl (C=O) groups is 1. The molecule has 0 saturated heterocycles. The molecule has 0 heterocycles. The summed E-state index contributed by atoms with van der Waals surface area (Å²) in [4.78, 5) is 22.4. The second-order valence-corrected chi connectivity index (χ2v) is 5.13. The molecule has 22 heavy (non-hydrogen) atoms. The Morgan fingerprint density at radius 3 is 2.50 bits per heavy atom. The minimum atomic E-state index is -0.673. The van der Waals surface area contributed by atoms with E-state index in [-0.39, 0.29) is 23.8 Å². The van der Waals surface area contributed by atoms with Gasteiger partial charge >= 0.3 is 5.97 Å². The van der Waals surface area contributed by atoms with Crippen molar-refractivity contribution in [3.8, 4) is 0 Å². The molecule has 5 nitrogen and oxygen atoms in total. The number of carbonyl (C=O) groups excluding carboxylic acids is 1. The summed E-state index contributed by atoms with van der Waals surface area (Å²) >= 11 is 0. The molecule has 0 aliphatic heterocycles. The number of nitro benzene ring substituents is 1. The number of esters is 1. The van der Waals surface area contributed by atoms with Crippen molar-refractivity contribution < 1.29 is 14.5 Å². The lowest BCUT2D eigenvalue weighted by Crippen LogP contribution is -2.13. The molecule has 2 aromatic rings. The van der Waals surface area contributed by atoms with Crippen LogP contribution in [0.1, 0.15) is 34.3 Å².